The van der Waals surface area contributed by atoms with Gasteiger partial charge in [0.05, 0.1) is 51.8 Å². The fourth-order valence-corrected chi connectivity index (χ4v) is 15.0. The average molecular weight is 2460 g/mol. The molecule has 10 heterocycles. The molecule has 0 N–H and O–H groups in total. The van der Waals surface area contributed by atoms with E-state index in [2.05, 4.69) is 202 Å². The van der Waals surface area contributed by atoms with E-state index in [1.165, 1.54) is 73.5 Å². The van der Waals surface area contributed by atoms with Crippen LogP contribution in [-0.2, 0) is 133 Å². The van der Waals surface area contributed by atoms with Gasteiger partial charge in [0.15, 0.2) is 0 Å². The molecule has 18 rings (SSSR count). The summed E-state index contributed by atoms with van der Waals surface area (Å²) in [6.07, 6.45) is 19.8. The number of hydrogen-bond acceptors (Lipinski definition) is 13. The summed E-state index contributed by atoms with van der Waals surface area (Å²) in [4.78, 5) is 47.0. The Hall–Kier alpha value is -9.05. The fraction of sp³-hybridized carbons (Fsp3) is 0.188. The summed E-state index contributed by atoms with van der Waals surface area (Å²) >= 11 is 4.12. The third kappa shape index (κ3) is 18.9. The van der Waals surface area contributed by atoms with Gasteiger partial charge in [0, 0.05) is 217 Å². The molecule has 114 heavy (non-hydrogen) atoms. The Balaban J connectivity index is 0.000000163. The van der Waals surface area contributed by atoms with E-state index in [9.17, 15) is 13.2 Å². The van der Waals surface area contributed by atoms with Crippen LogP contribution in [0.3, 0.4) is 0 Å². The molecule has 0 atom stereocenters. The molecule has 0 bridgehead atoms. The van der Waals surface area contributed by atoms with Gasteiger partial charge in [0.25, 0.3) is 5.26 Å². The second-order valence-corrected chi connectivity index (χ2v) is 31.2. The molecular formula is C85H72F3Ir5N18S3-5. The minimum absolute atomic E-state index is 0. The third-order valence-corrected chi connectivity index (χ3v) is 20.9. The molecule has 0 saturated carbocycles. The van der Waals surface area contributed by atoms with Crippen LogP contribution in [0.4, 0.5) is 18.3 Å². The summed E-state index contributed by atoms with van der Waals surface area (Å²) in [5.74, 6) is 3.56. The first-order chi connectivity index (χ1) is 52.3. The first kappa shape index (κ1) is 88.9. The number of aromatic nitrogens is 17. The number of thiazole rings is 3. The molecule has 0 unspecified atom stereocenters. The molecule has 10 aromatic heterocycles. The zero-order chi connectivity index (χ0) is 76.7. The van der Waals surface area contributed by atoms with Crippen molar-refractivity contribution < 1.29 is 114 Å². The summed E-state index contributed by atoms with van der Waals surface area (Å²) in [7, 11) is 5.81. The second kappa shape index (κ2) is 37.3. The number of hydrogen-bond donors (Lipinski definition) is 0. The minimum atomic E-state index is -0.650. The maximum Gasteiger partial charge on any atom is 0.319 e. The van der Waals surface area contributed by atoms with Crippen LogP contribution >= 0.6 is 34.0 Å². The predicted molar refractivity (Wildman–Crippen MR) is 429 cm³/mol. The Morgan fingerprint density at radius 2 is 0.939 bits per heavy atom. The van der Waals surface area contributed by atoms with Crippen molar-refractivity contribution in [3.63, 3.8) is 0 Å². The van der Waals surface area contributed by atoms with Crippen molar-refractivity contribution in [3.05, 3.63) is 275 Å². The van der Waals surface area contributed by atoms with Gasteiger partial charge in [-0.05, 0) is 132 Å². The van der Waals surface area contributed by atoms with E-state index < -0.39 is 16.9 Å². The van der Waals surface area contributed by atoms with Crippen LogP contribution in [-0.4, -0.2) is 81.8 Å². The van der Waals surface area contributed by atoms with Gasteiger partial charge in [-0.1, -0.05) is 69.8 Å². The molecule has 0 spiro atoms. The van der Waals surface area contributed by atoms with Crippen LogP contribution < -0.4 is 0 Å². The van der Waals surface area contributed by atoms with E-state index in [1.807, 2.05) is 124 Å². The van der Waals surface area contributed by atoms with Crippen LogP contribution in [0, 0.1) is 88.4 Å². The quantitative estimate of drug-likeness (QED) is 0.134. The molecule has 0 aliphatic rings. The predicted octanol–water partition coefficient (Wildman–Crippen LogP) is 20.4. The molecule has 8 aromatic carbocycles. The normalized spacial score (nSPS) is 11.0. The number of aryl methyl sites for hydroxylation is 8. The maximum absolute atomic E-state index is 14.1. The van der Waals surface area contributed by atoms with Crippen LogP contribution in [0.1, 0.15) is 74.6 Å². The van der Waals surface area contributed by atoms with E-state index in [1.54, 1.807) is 48.1 Å². The molecular weight excluding hydrogens is 2390 g/mol. The number of imidazole rings is 7. The van der Waals surface area contributed by atoms with Gasteiger partial charge in [-0.2, -0.15) is 20.7 Å². The molecule has 18 nitrogen and oxygen atoms in total. The smallest absolute Gasteiger partial charge is 0.319 e. The molecule has 591 valence electrons. The number of halogens is 3. The zero-order valence-corrected chi connectivity index (χ0v) is 78.3. The van der Waals surface area contributed by atoms with Gasteiger partial charge >= 0.3 is 5.13 Å². The Morgan fingerprint density at radius 3 is 1.55 bits per heavy atom. The number of para-hydroxylation sites is 2. The largest absolute Gasteiger partial charge is 0.373 e. The Bertz CT molecular complexity index is 6410. The molecule has 18 aromatic rings. The van der Waals surface area contributed by atoms with E-state index in [0.717, 1.165) is 122 Å². The molecule has 29 heteroatoms. The molecule has 0 saturated heterocycles. The van der Waals surface area contributed by atoms with E-state index in [0.29, 0.717) is 22.0 Å². The van der Waals surface area contributed by atoms with E-state index >= 15 is 0 Å². The molecule has 0 aliphatic heterocycles. The van der Waals surface area contributed by atoms with Gasteiger partial charge in [0.2, 0.25) is 0 Å². The Labute approximate surface area is 737 Å². The number of benzene rings is 8. The molecule has 0 fully saturated rings. The Morgan fingerprint density at radius 1 is 0.430 bits per heavy atom. The van der Waals surface area contributed by atoms with Crippen molar-refractivity contribution in [3.8, 4) is 74.0 Å². The van der Waals surface area contributed by atoms with Crippen LogP contribution in [0.2, 0.25) is 0 Å². The van der Waals surface area contributed by atoms with Gasteiger partial charge in [-0.3, -0.25) is 39.9 Å². The minimum Gasteiger partial charge on any atom is -0.373 e. The van der Waals surface area contributed by atoms with Crippen molar-refractivity contribution in [2.75, 3.05) is 0 Å². The van der Waals surface area contributed by atoms with Gasteiger partial charge in [0.1, 0.15) is 17.3 Å². The average Bonchev–Trinajstić information content (AvgIpc) is 1.51. The molecule has 0 aliphatic carbocycles. The summed E-state index contributed by atoms with van der Waals surface area (Å²) in [6.45, 7) is 30.8. The summed E-state index contributed by atoms with van der Waals surface area (Å²) < 4.78 is 57.6. The number of rotatable bonds is 8. The molecule has 0 amide bonds. The standard InChI is InChI=1S/C23H21N4S.C19H17N4.C17H11F2N4.C15H16N3S.C11H7FN3S.5Ir/c1-14-11-17(23(3,4)5)12-15(2)20(14)27-10-9-25-21(27)16-7-8-18-19(13-16)28-22(24-6)26-18;1-13-6-4-5-7-17(13)23-11-10-20-19(23)15-8-9-18-16(12-15)21-14(2)22(18)3;1-22-10-21-14-9-11(5-6-15(14)22)17-20-7-8-23(17)16-12(18)3-2-4-13(16)19;1-10-17-12-9-11(5-6-13(12)19-10)14-16-7-8-18(14)15(2,3)4;1-15-5-4-13-10(15)7-2-3-9-8(6-7)14-11(12)16-9;;;;;/h8-13H,1-5H3;4-7,9-12H,1-3H3;2-4,6-10H,1H3;6-9H,1-4H3;3-6H,1H3;;;;;/q5*-1;;;;;. The van der Waals surface area contributed by atoms with Crippen molar-refractivity contribution in [1.29, 1.82) is 0 Å². The van der Waals surface area contributed by atoms with Crippen molar-refractivity contribution >= 4 is 91.9 Å². The van der Waals surface area contributed by atoms with E-state index in [-0.39, 0.29) is 117 Å². The number of fused-ring (bicyclic) bond motifs is 5. The first-order valence-electron chi connectivity index (χ1n) is 34.7. The van der Waals surface area contributed by atoms with Crippen molar-refractivity contribution in [2.24, 2.45) is 21.1 Å². The first-order valence-corrected chi connectivity index (χ1v) is 37.1. The van der Waals surface area contributed by atoms with Gasteiger partial charge < -0.3 is 36.8 Å². The summed E-state index contributed by atoms with van der Waals surface area (Å²) in [5.41, 5.74) is 17.7. The van der Waals surface area contributed by atoms with Crippen LogP contribution in [0.5, 0.6) is 0 Å². The summed E-state index contributed by atoms with van der Waals surface area (Å²) in [5, 5.41) is 1.12. The topological polar surface area (TPSA) is 168 Å². The van der Waals surface area contributed by atoms with E-state index in [4.69, 9.17) is 6.57 Å². The monoisotopic (exact) mass is 2460 g/mol. The number of nitrogens with zero attached hydrogens (tertiary/aromatic N) is 18. The third-order valence-electron chi connectivity index (χ3n) is 18.3. The Kier molecular flexibility index (Phi) is 29.1. The SMILES string of the molecule is Cc1ccccc1-n1ccnc1-c1[c-]cc2c(c1)nc(C)n2C.Cc1nc2cc(-c3nccn3C(C)(C)C)[c-]cc2s1.Cn1ccnc1-c1[c-]cc2sc(F)nc2c1.Cn1cnc2cc(-c3nccn3-c3c(F)cccc3F)[c-]cc21.[C-]#[N+]c1nc2c[c-]c(-c3nccn3-c3c(C)cc(C(C)(C)C)cc3C)cc2s1.[Ir].[Ir].[Ir].[Ir].[Ir]. The summed E-state index contributed by atoms with van der Waals surface area (Å²) in [6, 6.07) is 51.9. The van der Waals surface area contributed by atoms with Crippen molar-refractivity contribution in [1.82, 2.24) is 81.8 Å². The zero-order valence-electron chi connectivity index (χ0n) is 63.9. The van der Waals surface area contributed by atoms with Gasteiger partial charge in [-0.15, -0.1) is 135 Å². The maximum atomic E-state index is 14.1. The fourth-order valence-electron chi connectivity index (χ4n) is 12.8. The van der Waals surface area contributed by atoms with Gasteiger partial charge in [-0.25, -0.2) is 13.8 Å². The molecule has 5 radical (unpaired) electrons. The van der Waals surface area contributed by atoms with Crippen molar-refractivity contribution in [2.45, 2.75) is 87.1 Å². The van der Waals surface area contributed by atoms with Crippen LogP contribution in [0.25, 0.3) is 132 Å². The second-order valence-electron chi connectivity index (χ2n) is 28.0. The van der Waals surface area contributed by atoms with Crippen LogP contribution in [0.15, 0.2) is 184 Å².